The summed E-state index contributed by atoms with van der Waals surface area (Å²) in [7, 11) is 0. The summed E-state index contributed by atoms with van der Waals surface area (Å²) in [5, 5.41) is 3.15. The van der Waals surface area contributed by atoms with Crippen LogP contribution in [-0.2, 0) is 0 Å². The van der Waals surface area contributed by atoms with Gasteiger partial charge in [-0.05, 0) is 119 Å². The van der Waals surface area contributed by atoms with Crippen LogP contribution < -0.4 is 5.32 Å². The first-order valence-electron chi connectivity index (χ1n) is 15.6. The molecule has 0 aliphatic carbocycles. The molecule has 9 heterocycles. The third-order valence-corrected chi connectivity index (χ3v) is 8.60. The molecule has 8 nitrogen and oxygen atoms in total. The Morgan fingerprint density at radius 2 is 0.771 bits per heavy atom. The number of allylic oxidation sites excluding steroid dienone is 11. The molecule has 5 aliphatic heterocycles. The van der Waals surface area contributed by atoms with Crippen molar-refractivity contribution in [1.82, 2.24) is 25.3 Å². The minimum Gasteiger partial charge on any atom is -0.368 e. The fourth-order valence-corrected chi connectivity index (χ4v) is 6.45. The van der Waals surface area contributed by atoms with Gasteiger partial charge in [0, 0.05) is 83.3 Å². The molecular formula is C40H26N8. The molecule has 0 unspecified atom stereocenters. The fraction of sp³-hybridized carbons (Fsp3) is 0. The van der Waals surface area contributed by atoms with Crippen LogP contribution in [0.4, 0.5) is 0 Å². The average molecular weight is 619 g/mol. The summed E-state index contributed by atoms with van der Waals surface area (Å²) >= 11 is 0. The van der Waals surface area contributed by atoms with Crippen molar-refractivity contribution >= 4 is 33.9 Å². The standard InChI is InChI=1S/C40H26N8/c1-2-30-38(26-11-19-42-20-12-26)32-5-6-34(47-32)40(28-15-23-44-24-16-28)36-8-7-35(48-36)39(27-13-21-43-22-14-27)33-4-3-31(46-33)37(29(1)45-30)25-9-17-41-18-10-25/h1-24,41,47H. The lowest BCUT2D eigenvalue weighted by atomic mass is 9.97. The van der Waals surface area contributed by atoms with Gasteiger partial charge in [-0.2, -0.15) is 0 Å². The zero-order chi connectivity index (χ0) is 31.9. The SMILES string of the molecule is C1=CC(=C2C3=NC(=C(c4ccncc4)C4=NC(=C(c5ccncc5)c5ccc([nH]5)C(c5ccncc5)=C5C=CC2=N5)C=C4)C=C3)C=CN1. The van der Waals surface area contributed by atoms with Gasteiger partial charge in [0.15, 0.2) is 0 Å². The summed E-state index contributed by atoms with van der Waals surface area (Å²) in [6.07, 6.45) is 31.2. The van der Waals surface area contributed by atoms with Gasteiger partial charge in [-0.3, -0.25) is 15.0 Å². The average Bonchev–Trinajstić information content (AvgIpc) is 3.98. The number of aliphatic imine (C=N–C) groups is 3. The number of fused-ring (bicyclic) bond motifs is 5. The van der Waals surface area contributed by atoms with Gasteiger partial charge in [-0.15, -0.1) is 0 Å². The summed E-state index contributed by atoms with van der Waals surface area (Å²) in [5.74, 6) is 0. The molecule has 0 amide bonds. The molecule has 0 spiro atoms. The molecule has 0 radical (unpaired) electrons. The van der Waals surface area contributed by atoms with E-state index in [1.54, 1.807) is 12.4 Å². The molecule has 8 bridgehead atoms. The van der Waals surface area contributed by atoms with Crippen LogP contribution in [0.5, 0.6) is 0 Å². The molecule has 0 fully saturated rings. The van der Waals surface area contributed by atoms with Crippen LogP contribution in [-0.4, -0.2) is 37.1 Å². The van der Waals surface area contributed by atoms with Crippen LogP contribution in [0.1, 0.15) is 28.1 Å². The van der Waals surface area contributed by atoms with Gasteiger partial charge in [0.1, 0.15) is 0 Å². The topological polar surface area (TPSA) is 104 Å². The largest absolute Gasteiger partial charge is 0.368 e. The molecule has 0 atom stereocenters. The van der Waals surface area contributed by atoms with Crippen molar-refractivity contribution in [1.29, 1.82) is 0 Å². The van der Waals surface area contributed by atoms with Gasteiger partial charge in [0.25, 0.3) is 0 Å². The summed E-state index contributed by atoms with van der Waals surface area (Å²) in [6, 6.07) is 16.3. The van der Waals surface area contributed by atoms with Crippen LogP contribution in [0.3, 0.4) is 0 Å². The molecule has 8 heteroatoms. The number of hydrogen-bond donors (Lipinski definition) is 2. The number of nitrogens with one attached hydrogen (secondary N) is 2. The van der Waals surface area contributed by atoms with Crippen molar-refractivity contribution in [3.05, 3.63) is 203 Å². The minimum atomic E-state index is 0.816. The number of pyridine rings is 3. The molecule has 226 valence electrons. The highest BCUT2D eigenvalue weighted by Crippen LogP contribution is 2.38. The van der Waals surface area contributed by atoms with Crippen molar-refractivity contribution in [2.75, 3.05) is 0 Å². The van der Waals surface area contributed by atoms with Crippen molar-refractivity contribution < 1.29 is 0 Å². The summed E-state index contributed by atoms with van der Waals surface area (Å²) < 4.78 is 0. The quantitative estimate of drug-likeness (QED) is 0.256. The van der Waals surface area contributed by atoms with Gasteiger partial charge in [0.2, 0.25) is 0 Å². The predicted octanol–water partition coefficient (Wildman–Crippen LogP) is 7.10. The zero-order valence-corrected chi connectivity index (χ0v) is 25.5. The Hall–Kier alpha value is -6.80. The van der Waals surface area contributed by atoms with Gasteiger partial charge in [0.05, 0.1) is 34.2 Å². The number of rotatable bonds is 3. The maximum absolute atomic E-state index is 5.28. The van der Waals surface area contributed by atoms with Crippen molar-refractivity contribution in [3.8, 4) is 0 Å². The van der Waals surface area contributed by atoms with Crippen molar-refractivity contribution in [3.63, 3.8) is 0 Å². The molecule has 4 aromatic rings. The molecule has 48 heavy (non-hydrogen) atoms. The highest BCUT2D eigenvalue weighted by atomic mass is 14.9. The van der Waals surface area contributed by atoms with Gasteiger partial charge in [-0.25, -0.2) is 15.0 Å². The highest BCUT2D eigenvalue weighted by molar-refractivity contribution is 6.36. The Morgan fingerprint density at radius 1 is 0.375 bits per heavy atom. The molecule has 0 saturated carbocycles. The number of aromatic nitrogens is 4. The van der Waals surface area contributed by atoms with Gasteiger partial charge < -0.3 is 10.3 Å². The van der Waals surface area contributed by atoms with Crippen LogP contribution >= 0.6 is 0 Å². The van der Waals surface area contributed by atoms with E-state index in [-0.39, 0.29) is 0 Å². The Kier molecular flexibility index (Phi) is 6.61. The Labute approximate surface area is 276 Å². The maximum atomic E-state index is 5.28. The minimum absolute atomic E-state index is 0.816. The second-order valence-electron chi connectivity index (χ2n) is 11.4. The normalized spacial score (nSPS) is 17.8. The lowest BCUT2D eigenvalue weighted by Gasteiger charge is -2.13. The third kappa shape index (κ3) is 4.80. The maximum Gasteiger partial charge on any atom is 0.0738 e. The second kappa shape index (κ2) is 11.5. The zero-order valence-electron chi connectivity index (χ0n) is 25.5. The van der Waals surface area contributed by atoms with Crippen LogP contribution in [0.2, 0.25) is 0 Å². The molecule has 2 N–H and O–H groups in total. The first-order chi connectivity index (χ1) is 23.8. The third-order valence-electron chi connectivity index (χ3n) is 8.60. The van der Waals surface area contributed by atoms with E-state index in [1.165, 1.54) is 0 Å². The van der Waals surface area contributed by atoms with Crippen LogP contribution in [0.15, 0.2) is 190 Å². The summed E-state index contributed by atoms with van der Waals surface area (Å²) in [5.41, 5.74) is 14.6. The number of aromatic amines is 1. The summed E-state index contributed by atoms with van der Waals surface area (Å²) in [6.45, 7) is 0. The van der Waals surface area contributed by atoms with E-state index in [0.29, 0.717) is 0 Å². The molecule has 5 aliphatic rings. The predicted molar refractivity (Wildman–Crippen MR) is 191 cm³/mol. The Bertz CT molecular complexity index is 2360. The molecule has 0 saturated heterocycles. The lowest BCUT2D eigenvalue weighted by Crippen LogP contribution is -2.12. The fourth-order valence-electron chi connectivity index (χ4n) is 6.45. The molecular weight excluding hydrogens is 592 g/mol. The number of dihydropyridines is 1. The van der Waals surface area contributed by atoms with E-state index >= 15 is 0 Å². The Balaban J connectivity index is 1.37. The van der Waals surface area contributed by atoms with Gasteiger partial charge in [-0.1, -0.05) is 0 Å². The van der Waals surface area contributed by atoms with Gasteiger partial charge >= 0.3 is 0 Å². The monoisotopic (exact) mass is 618 g/mol. The van der Waals surface area contributed by atoms with E-state index < -0.39 is 0 Å². The van der Waals surface area contributed by atoms with Crippen molar-refractivity contribution in [2.24, 2.45) is 15.0 Å². The number of hydrogen-bond acceptors (Lipinski definition) is 7. The number of H-pyrrole nitrogens is 1. The van der Waals surface area contributed by atoms with E-state index in [1.807, 2.05) is 73.6 Å². The molecule has 0 aromatic carbocycles. The van der Waals surface area contributed by atoms with E-state index in [4.69, 9.17) is 15.0 Å². The van der Waals surface area contributed by atoms with E-state index in [9.17, 15) is 0 Å². The van der Waals surface area contributed by atoms with Crippen LogP contribution in [0, 0.1) is 0 Å². The number of nitrogens with zero attached hydrogens (tertiary/aromatic N) is 6. The first-order valence-corrected chi connectivity index (χ1v) is 15.6. The smallest absolute Gasteiger partial charge is 0.0738 e. The molecule has 4 aromatic heterocycles. The lowest BCUT2D eigenvalue weighted by molar-refractivity contribution is 1.17. The molecule has 9 rings (SSSR count). The summed E-state index contributed by atoms with van der Waals surface area (Å²) in [4.78, 5) is 32.4. The van der Waals surface area contributed by atoms with Crippen LogP contribution in [0.25, 0.3) is 16.7 Å². The second-order valence-corrected chi connectivity index (χ2v) is 11.4. The highest BCUT2D eigenvalue weighted by Gasteiger charge is 2.26. The van der Waals surface area contributed by atoms with E-state index in [0.717, 1.165) is 90.2 Å². The first kappa shape index (κ1) is 27.5. The van der Waals surface area contributed by atoms with E-state index in [2.05, 4.69) is 86.0 Å². The Morgan fingerprint density at radius 3 is 1.23 bits per heavy atom. The van der Waals surface area contributed by atoms with Crippen molar-refractivity contribution in [2.45, 2.75) is 0 Å².